The number of esters is 1. The lowest BCUT2D eigenvalue weighted by Crippen LogP contribution is -2.11. The molecule has 3 rings (SSSR count). The minimum absolute atomic E-state index is 0.00689. The smallest absolute Gasteiger partial charge is 0.343 e. The number of benzene rings is 2. The molecule has 1 aliphatic rings. The van der Waals surface area contributed by atoms with Gasteiger partial charge in [-0.15, -0.1) is 0 Å². The van der Waals surface area contributed by atoms with Gasteiger partial charge in [0.1, 0.15) is 5.75 Å². The van der Waals surface area contributed by atoms with Crippen molar-refractivity contribution in [3.05, 3.63) is 64.7 Å². The summed E-state index contributed by atoms with van der Waals surface area (Å²) in [5, 5.41) is 0. The highest BCUT2D eigenvalue weighted by Crippen LogP contribution is 2.23. The van der Waals surface area contributed by atoms with E-state index in [2.05, 4.69) is 0 Å². The Morgan fingerprint density at radius 3 is 2.18 bits per heavy atom. The minimum atomic E-state index is -0.357. The molecule has 0 spiro atoms. The van der Waals surface area contributed by atoms with E-state index in [0.29, 0.717) is 16.9 Å². The predicted octanol–water partition coefficient (Wildman–Crippen LogP) is 3.99. The van der Waals surface area contributed by atoms with Crippen LogP contribution in [0.4, 0.5) is 0 Å². The van der Waals surface area contributed by atoms with Crippen molar-refractivity contribution < 1.29 is 14.3 Å². The van der Waals surface area contributed by atoms with Gasteiger partial charge in [-0.25, -0.2) is 4.79 Å². The normalized spacial score (nSPS) is 13.3. The van der Waals surface area contributed by atoms with Gasteiger partial charge in [-0.1, -0.05) is 6.07 Å². The standard InChI is InChI=1S/C19H18O3/c1-13(20)14-8-10-18(11-9-14)22-19(21)17-7-6-15-4-2-3-5-16(15)12-17/h6-12H,2-5H2,1H3. The third-order valence-electron chi connectivity index (χ3n) is 4.06. The molecule has 0 N–H and O–H groups in total. The Balaban J connectivity index is 1.75. The summed E-state index contributed by atoms with van der Waals surface area (Å²) in [5.74, 6) is 0.0873. The summed E-state index contributed by atoms with van der Waals surface area (Å²) in [6.45, 7) is 1.51. The molecule has 0 aromatic heterocycles. The van der Waals surface area contributed by atoms with Gasteiger partial charge in [0, 0.05) is 5.56 Å². The van der Waals surface area contributed by atoms with E-state index in [-0.39, 0.29) is 11.8 Å². The molecule has 2 aromatic carbocycles. The number of hydrogen-bond donors (Lipinski definition) is 0. The van der Waals surface area contributed by atoms with E-state index in [1.807, 2.05) is 18.2 Å². The molecule has 0 amide bonds. The Morgan fingerprint density at radius 1 is 0.864 bits per heavy atom. The van der Waals surface area contributed by atoms with Crippen LogP contribution in [-0.4, -0.2) is 11.8 Å². The van der Waals surface area contributed by atoms with Gasteiger partial charge in [-0.2, -0.15) is 0 Å². The molecule has 112 valence electrons. The van der Waals surface area contributed by atoms with Crippen molar-refractivity contribution in [1.82, 2.24) is 0 Å². The van der Waals surface area contributed by atoms with Crippen LogP contribution in [0.3, 0.4) is 0 Å². The summed E-state index contributed by atoms with van der Waals surface area (Å²) in [4.78, 5) is 23.5. The van der Waals surface area contributed by atoms with Gasteiger partial charge in [0.25, 0.3) is 0 Å². The Labute approximate surface area is 129 Å². The average molecular weight is 294 g/mol. The van der Waals surface area contributed by atoms with Crippen LogP contribution in [0, 0.1) is 0 Å². The molecule has 0 atom stereocenters. The molecular weight excluding hydrogens is 276 g/mol. The minimum Gasteiger partial charge on any atom is -0.423 e. The molecule has 0 saturated heterocycles. The quantitative estimate of drug-likeness (QED) is 0.488. The van der Waals surface area contributed by atoms with Crippen LogP contribution in [-0.2, 0) is 12.8 Å². The molecule has 1 aliphatic carbocycles. The number of fused-ring (bicyclic) bond motifs is 1. The summed E-state index contributed by atoms with van der Waals surface area (Å²) >= 11 is 0. The van der Waals surface area contributed by atoms with Crippen molar-refractivity contribution >= 4 is 11.8 Å². The topological polar surface area (TPSA) is 43.4 Å². The summed E-state index contributed by atoms with van der Waals surface area (Å²) in [5.41, 5.74) is 3.78. The lowest BCUT2D eigenvalue weighted by Gasteiger charge is -2.16. The second-order valence-corrected chi connectivity index (χ2v) is 5.66. The second-order valence-electron chi connectivity index (χ2n) is 5.66. The highest BCUT2D eigenvalue weighted by Gasteiger charge is 2.14. The van der Waals surface area contributed by atoms with Crippen molar-refractivity contribution in [1.29, 1.82) is 0 Å². The third-order valence-corrected chi connectivity index (χ3v) is 4.06. The van der Waals surface area contributed by atoms with E-state index < -0.39 is 0 Å². The molecule has 0 unspecified atom stereocenters. The Kier molecular flexibility index (Phi) is 4.05. The summed E-state index contributed by atoms with van der Waals surface area (Å²) in [6, 6.07) is 12.4. The fourth-order valence-electron chi connectivity index (χ4n) is 2.78. The molecular formula is C19H18O3. The van der Waals surface area contributed by atoms with Crippen LogP contribution in [0.1, 0.15) is 51.6 Å². The number of rotatable bonds is 3. The van der Waals surface area contributed by atoms with Crippen LogP contribution in [0.2, 0.25) is 0 Å². The molecule has 0 heterocycles. The summed E-state index contributed by atoms with van der Waals surface area (Å²) < 4.78 is 5.38. The molecule has 0 saturated carbocycles. The number of ketones is 1. The van der Waals surface area contributed by atoms with Crippen molar-refractivity contribution in [2.75, 3.05) is 0 Å². The highest BCUT2D eigenvalue weighted by molar-refractivity contribution is 5.94. The van der Waals surface area contributed by atoms with E-state index in [0.717, 1.165) is 12.8 Å². The van der Waals surface area contributed by atoms with Crippen LogP contribution in [0.15, 0.2) is 42.5 Å². The lowest BCUT2D eigenvalue weighted by atomic mass is 9.90. The average Bonchev–Trinajstić information content (AvgIpc) is 2.55. The largest absolute Gasteiger partial charge is 0.423 e. The fourth-order valence-corrected chi connectivity index (χ4v) is 2.78. The maximum atomic E-state index is 12.2. The second kappa shape index (κ2) is 6.14. The zero-order valence-electron chi connectivity index (χ0n) is 12.6. The zero-order chi connectivity index (χ0) is 15.5. The number of hydrogen-bond acceptors (Lipinski definition) is 3. The number of carbonyl (C=O) groups is 2. The number of Topliss-reactive ketones (excluding diaryl/α,β-unsaturated/α-hetero) is 1. The molecule has 0 bridgehead atoms. The first-order valence-corrected chi connectivity index (χ1v) is 7.58. The van der Waals surface area contributed by atoms with E-state index in [1.165, 1.54) is 30.9 Å². The molecule has 0 aliphatic heterocycles. The summed E-state index contributed by atoms with van der Waals surface area (Å²) in [6.07, 6.45) is 4.53. The molecule has 22 heavy (non-hydrogen) atoms. The SMILES string of the molecule is CC(=O)c1ccc(OC(=O)c2ccc3c(c2)CCCC3)cc1. The Hall–Kier alpha value is -2.42. The predicted molar refractivity (Wildman–Crippen MR) is 84.5 cm³/mol. The molecule has 3 nitrogen and oxygen atoms in total. The van der Waals surface area contributed by atoms with E-state index in [1.54, 1.807) is 24.3 Å². The Morgan fingerprint density at radius 2 is 1.50 bits per heavy atom. The maximum Gasteiger partial charge on any atom is 0.343 e. The van der Waals surface area contributed by atoms with E-state index in [4.69, 9.17) is 4.74 Å². The number of aryl methyl sites for hydroxylation is 2. The van der Waals surface area contributed by atoms with Crippen molar-refractivity contribution in [2.24, 2.45) is 0 Å². The van der Waals surface area contributed by atoms with Crippen molar-refractivity contribution in [3.8, 4) is 5.75 Å². The van der Waals surface area contributed by atoms with Crippen LogP contribution in [0.25, 0.3) is 0 Å². The van der Waals surface area contributed by atoms with Gasteiger partial charge in [-0.05, 0) is 80.1 Å². The zero-order valence-corrected chi connectivity index (χ0v) is 12.6. The third kappa shape index (κ3) is 3.08. The van der Waals surface area contributed by atoms with E-state index in [9.17, 15) is 9.59 Å². The van der Waals surface area contributed by atoms with Crippen LogP contribution in [0.5, 0.6) is 5.75 Å². The van der Waals surface area contributed by atoms with Gasteiger partial charge < -0.3 is 4.74 Å². The van der Waals surface area contributed by atoms with Crippen LogP contribution < -0.4 is 4.74 Å². The van der Waals surface area contributed by atoms with Gasteiger partial charge in [0.05, 0.1) is 5.56 Å². The van der Waals surface area contributed by atoms with Crippen molar-refractivity contribution in [3.63, 3.8) is 0 Å². The Bertz CT molecular complexity index is 714. The molecule has 2 aromatic rings. The first-order valence-electron chi connectivity index (χ1n) is 7.58. The van der Waals surface area contributed by atoms with Gasteiger partial charge in [0.15, 0.2) is 5.78 Å². The number of ether oxygens (including phenoxy) is 1. The maximum absolute atomic E-state index is 12.2. The first kappa shape index (κ1) is 14.5. The monoisotopic (exact) mass is 294 g/mol. The molecule has 0 radical (unpaired) electrons. The fraction of sp³-hybridized carbons (Fsp3) is 0.263. The van der Waals surface area contributed by atoms with Gasteiger partial charge in [0.2, 0.25) is 0 Å². The van der Waals surface area contributed by atoms with Gasteiger partial charge >= 0.3 is 5.97 Å². The van der Waals surface area contributed by atoms with Crippen LogP contribution >= 0.6 is 0 Å². The van der Waals surface area contributed by atoms with Crippen molar-refractivity contribution in [2.45, 2.75) is 32.6 Å². The van der Waals surface area contributed by atoms with E-state index >= 15 is 0 Å². The summed E-state index contributed by atoms with van der Waals surface area (Å²) in [7, 11) is 0. The first-order chi connectivity index (χ1) is 10.6. The lowest BCUT2D eigenvalue weighted by molar-refractivity contribution is 0.0734. The van der Waals surface area contributed by atoms with Gasteiger partial charge in [-0.3, -0.25) is 4.79 Å². The molecule has 0 fully saturated rings. The molecule has 3 heteroatoms. The highest BCUT2D eigenvalue weighted by atomic mass is 16.5. The number of carbonyl (C=O) groups excluding carboxylic acids is 2.